The lowest BCUT2D eigenvalue weighted by molar-refractivity contribution is -0.385. The third-order valence-electron chi connectivity index (χ3n) is 4.99. The number of carbonyl (C=O) groups is 1. The lowest BCUT2D eigenvalue weighted by Crippen LogP contribution is -2.30. The fraction of sp³-hybridized carbons (Fsp3) is 0.368. The zero-order valence-corrected chi connectivity index (χ0v) is 16.6. The summed E-state index contributed by atoms with van der Waals surface area (Å²) in [6, 6.07) is 7.89. The van der Waals surface area contributed by atoms with Crippen LogP contribution >= 0.6 is 0 Å². The van der Waals surface area contributed by atoms with Gasteiger partial charge in [-0.1, -0.05) is 24.6 Å². The van der Waals surface area contributed by atoms with Crippen LogP contribution in [-0.2, 0) is 14.8 Å². The molecule has 1 unspecified atom stereocenters. The molecule has 1 aromatic heterocycles. The SMILES string of the molecule is Cc1ccc(S(=O)(=O)N=c2ccc([N+](=O)[O-])cn2C(C)C(=O)[C@@H]2C[C@H]2C)cc1. The minimum atomic E-state index is -4.04. The fourth-order valence-electron chi connectivity index (χ4n) is 3.04. The average Bonchev–Trinajstić information content (AvgIpc) is 3.37. The number of nitro groups is 1. The monoisotopic (exact) mass is 403 g/mol. The summed E-state index contributed by atoms with van der Waals surface area (Å²) in [6.45, 7) is 5.40. The molecule has 148 valence electrons. The molecule has 1 aliphatic rings. The Morgan fingerprint density at radius 3 is 2.39 bits per heavy atom. The molecule has 0 bridgehead atoms. The van der Waals surface area contributed by atoms with E-state index in [0.29, 0.717) is 0 Å². The number of carbonyl (C=O) groups excluding carboxylic acids is 1. The van der Waals surface area contributed by atoms with Crippen molar-refractivity contribution in [1.29, 1.82) is 0 Å². The van der Waals surface area contributed by atoms with Gasteiger partial charge in [0.25, 0.3) is 15.7 Å². The molecule has 1 saturated carbocycles. The Hall–Kier alpha value is -2.81. The van der Waals surface area contributed by atoms with Gasteiger partial charge in [-0.25, -0.2) is 0 Å². The van der Waals surface area contributed by atoms with Gasteiger partial charge in [0, 0.05) is 12.0 Å². The molecule has 3 atom stereocenters. The summed E-state index contributed by atoms with van der Waals surface area (Å²) in [5.41, 5.74) is 0.637. The Morgan fingerprint density at radius 2 is 1.86 bits per heavy atom. The van der Waals surface area contributed by atoms with Gasteiger partial charge in [-0.15, -0.1) is 4.40 Å². The minimum Gasteiger partial charge on any atom is -0.316 e. The maximum absolute atomic E-state index is 12.7. The van der Waals surface area contributed by atoms with E-state index in [1.807, 2.05) is 13.8 Å². The summed E-state index contributed by atoms with van der Waals surface area (Å²) in [7, 11) is -4.04. The molecule has 0 amide bonds. The van der Waals surface area contributed by atoms with E-state index in [1.54, 1.807) is 19.1 Å². The fourth-order valence-corrected chi connectivity index (χ4v) is 4.03. The summed E-state index contributed by atoms with van der Waals surface area (Å²) in [4.78, 5) is 23.2. The first-order valence-electron chi connectivity index (χ1n) is 8.88. The van der Waals surface area contributed by atoms with Gasteiger partial charge in [0.1, 0.15) is 5.49 Å². The Morgan fingerprint density at radius 1 is 1.25 bits per heavy atom. The smallest absolute Gasteiger partial charge is 0.285 e. The molecule has 2 aromatic rings. The molecule has 1 aromatic carbocycles. The van der Waals surface area contributed by atoms with Crippen molar-refractivity contribution in [2.24, 2.45) is 16.2 Å². The zero-order valence-electron chi connectivity index (χ0n) is 15.8. The molecule has 1 fully saturated rings. The summed E-state index contributed by atoms with van der Waals surface area (Å²) in [6.07, 6.45) is 1.94. The predicted molar refractivity (Wildman–Crippen MR) is 102 cm³/mol. The molecule has 28 heavy (non-hydrogen) atoms. The molecule has 3 rings (SSSR count). The predicted octanol–water partition coefficient (Wildman–Crippen LogP) is 2.78. The number of sulfonamides is 1. The third kappa shape index (κ3) is 4.04. The van der Waals surface area contributed by atoms with Gasteiger partial charge in [0.15, 0.2) is 5.78 Å². The van der Waals surface area contributed by atoms with Crippen LogP contribution in [0, 0.1) is 28.9 Å². The minimum absolute atomic E-state index is 0.0118. The van der Waals surface area contributed by atoms with Gasteiger partial charge < -0.3 is 4.57 Å². The number of aromatic nitrogens is 1. The number of pyridine rings is 1. The van der Waals surface area contributed by atoms with Crippen molar-refractivity contribution in [2.75, 3.05) is 0 Å². The Balaban J connectivity index is 2.11. The second-order valence-electron chi connectivity index (χ2n) is 7.19. The Bertz CT molecular complexity index is 1100. The van der Waals surface area contributed by atoms with Gasteiger partial charge in [0.05, 0.1) is 22.1 Å². The lowest BCUT2D eigenvalue weighted by atomic mass is 10.1. The summed E-state index contributed by atoms with van der Waals surface area (Å²) in [5, 5.41) is 11.2. The zero-order chi connectivity index (χ0) is 20.6. The van der Waals surface area contributed by atoms with Crippen molar-refractivity contribution >= 4 is 21.5 Å². The maximum atomic E-state index is 12.7. The topological polar surface area (TPSA) is 112 Å². The van der Waals surface area contributed by atoms with Crippen molar-refractivity contribution in [1.82, 2.24) is 4.57 Å². The van der Waals surface area contributed by atoms with E-state index in [1.165, 1.54) is 35.0 Å². The molecule has 9 heteroatoms. The van der Waals surface area contributed by atoms with Crippen LogP contribution in [0.2, 0.25) is 0 Å². The standard InChI is InChI=1S/C19H21N3O5S/c1-12-4-7-16(8-5-12)28(26,27)20-18-9-6-15(22(24)25)11-21(18)14(3)19(23)17-10-13(17)2/h4-9,11,13-14,17H,10H2,1-3H3/t13-,14?,17-/m1/s1. The highest BCUT2D eigenvalue weighted by molar-refractivity contribution is 7.90. The van der Waals surface area contributed by atoms with Gasteiger partial charge in [-0.05, 0) is 44.4 Å². The molecule has 0 N–H and O–H groups in total. The highest BCUT2D eigenvalue weighted by Crippen LogP contribution is 2.40. The van der Waals surface area contributed by atoms with E-state index in [2.05, 4.69) is 4.40 Å². The molecular weight excluding hydrogens is 382 g/mol. The van der Waals surface area contributed by atoms with Gasteiger partial charge in [-0.2, -0.15) is 8.42 Å². The molecule has 8 nitrogen and oxygen atoms in total. The van der Waals surface area contributed by atoms with Crippen LogP contribution in [0.25, 0.3) is 0 Å². The second-order valence-corrected chi connectivity index (χ2v) is 8.79. The third-order valence-corrected chi connectivity index (χ3v) is 6.28. The number of hydrogen-bond donors (Lipinski definition) is 0. The Kier molecular flexibility index (Phi) is 5.20. The molecule has 0 aliphatic heterocycles. The van der Waals surface area contributed by atoms with E-state index in [4.69, 9.17) is 0 Å². The quantitative estimate of drug-likeness (QED) is 0.544. The van der Waals surface area contributed by atoms with Gasteiger partial charge in [-0.3, -0.25) is 14.9 Å². The first-order valence-corrected chi connectivity index (χ1v) is 10.3. The number of nitrogens with zero attached hydrogens (tertiary/aromatic N) is 3. The van der Waals surface area contributed by atoms with Crippen LogP contribution in [0.3, 0.4) is 0 Å². The van der Waals surface area contributed by atoms with Crippen molar-refractivity contribution in [3.8, 4) is 0 Å². The van der Waals surface area contributed by atoms with Crippen molar-refractivity contribution in [2.45, 2.75) is 38.1 Å². The van der Waals surface area contributed by atoms with Crippen LogP contribution in [0.5, 0.6) is 0 Å². The number of ketones is 1. The molecule has 1 heterocycles. The number of rotatable bonds is 6. The molecular formula is C19H21N3O5S. The van der Waals surface area contributed by atoms with Crippen LogP contribution < -0.4 is 5.49 Å². The number of hydrogen-bond acceptors (Lipinski definition) is 5. The Labute approximate surface area is 162 Å². The summed E-state index contributed by atoms with van der Waals surface area (Å²) in [5.74, 6) is 0.0800. The largest absolute Gasteiger partial charge is 0.316 e. The van der Waals surface area contributed by atoms with Gasteiger partial charge in [0.2, 0.25) is 0 Å². The average molecular weight is 403 g/mol. The molecule has 0 saturated heterocycles. The van der Waals surface area contributed by atoms with E-state index >= 15 is 0 Å². The maximum Gasteiger partial charge on any atom is 0.285 e. The van der Waals surface area contributed by atoms with Crippen LogP contribution in [0.1, 0.15) is 31.9 Å². The number of benzene rings is 1. The second kappa shape index (κ2) is 7.31. The summed E-state index contributed by atoms with van der Waals surface area (Å²) >= 11 is 0. The highest BCUT2D eigenvalue weighted by Gasteiger charge is 2.41. The van der Waals surface area contributed by atoms with E-state index in [-0.39, 0.29) is 33.7 Å². The van der Waals surface area contributed by atoms with Crippen molar-refractivity contribution in [3.05, 3.63) is 63.8 Å². The number of Topliss-reactive ketones (excluding diaryl/α,β-unsaturated/α-hetero) is 1. The first-order chi connectivity index (χ1) is 13.1. The summed E-state index contributed by atoms with van der Waals surface area (Å²) < 4.78 is 30.5. The van der Waals surface area contributed by atoms with Crippen molar-refractivity contribution < 1.29 is 18.1 Å². The van der Waals surface area contributed by atoms with Crippen molar-refractivity contribution in [3.63, 3.8) is 0 Å². The van der Waals surface area contributed by atoms with Crippen LogP contribution in [0.4, 0.5) is 5.69 Å². The normalized spacial score (nSPS) is 20.6. The molecule has 0 spiro atoms. The van der Waals surface area contributed by atoms with E-state index in [0.717, 1.165) is 12.0 Å². The van der Waals surface area contributed by atoms with Crippen LogP contribution in [-0.4, -0.2) is 23.7 Å². The first kappa shape index (κ1) is 19.9. The number of aryl methyl sites for hydroxylation is 1. The van der Waals surface area contributed by atoms with E-state index in [9.17, 15) is 23.3 Å². The lowest BCUT2D eigenvalue weighted by Gasteiger charge is -2.15. The molecule has 0 radical (unpaired) electrons. The highest BCUT2D eigenvalue weighted by atomic mass is 32.2. The van der Waals surface area contributed by atoms with Crippen LogP contribution in [0.15, 0.2) is 51.9 Å². The molecule has 1 aliphatic carbocycles. The van der Waals surface area contributed by atoms with Gasteiger partial charge >= 0.3 is 0 Å². The van der Waals surface area contributed by atoms with E-state index < -0.39 is 21.0 Å².